The first-order chi connectivity index (χ1) is 12.4. The molecule has 0 saturated heterocycles. The van der Waals surface area contributed by atoms with Crippen molar-refractivity contribution < 1.29 is 19.1 Å². The number of nitrogens with one attached hydrogen (secondary N) is 2. The third kappa shape index (κ3) is 6.68. The van der Waals surface area contributed by atoms with Crippen molar-refractivity contribution in [1.82, 2.24) is 0 Å². The summed E-state index contributed by atoms with van der Waals surface area (Å²) in [6.07, 6.45) is 0.923. The fourth-order valence-corrected chi connectivity index (χ4v) is 3.01. The minimum absolute atomic E-state index is 0.165. The van der Waals surface area contributed by atoms with Crippen LogP contribution in [0.1, 0.15) is 31.6 Å². The van der Waals surface area contributed by atoms with Crippen LogP contribution in [0, 0.1) is 0 Å². The number of rotatable bonds is 8. The van der Waals surface area contributed by atoms with Crippen molar-refractivity contribution in [3.05, 3.63) is 46.7 Å². The summed E-state index contributed by atoms with van der Waals surface area (Å²) in [5.74, 6) is -0.949. The Morgan fingerprint density at radius 1 is 1.08 bits per heavy atom. The van der Waals surface area contributed by atoms with Crippen LogP contribution in [0.25, 0.3) is 0 Å². The van der Waals surface area contributed by atoms with Gasteiger partial charge in [-0.3, -0.25) is 14.4 Å². The van der Waals surface area contributed by atoms with Gasteiger partial charge in [-0.1, -0.05) is 6.07 Å². The molecule has 0 aliphatic carbocycles. The van der Waals surface area contributed by atoms with Crippen molar-refractivity contribution in [2.75, 3.05) is 10.6 Å². The predicted octanol–water partition coefficient (Wildman–Crippen LogP) is 3.60. The van der Waals surface area contributed by atoms with Crippen LogP contribution in [-0.2, 0) is 25.5 Å². The third-order valence-electron chi connectivity index (χ3n) is 3.53. The van der Waals surface area contributed by atoms with Crippen LogP contribution in [0.5, 0.6) is 0 Å². The van der Waals surface area contributed by atoms with Gasteiger partial charge in [-0.25, -0.2) is 0 Å². The molecule has 2 rings (SSSR count). The maximum Gasteiger partial charge on any atom is 0.306 e. The average Bonchev–Trinajstić information content (AvgIpc) is 3.09. The summed E-state index contributed by atoms with van der Waals surface area (Å²) in [6, 6.07) is 10.7. The highest BCUT2D eigenvalue weighted by Gasteiger charge is 2.17. The molecule has 2 amide bonds. The van der Waals surface area contributed by atoms with E-state index in [-0.39, 0.29) is 18.3 Å². The molecule has 0 aliphatic heterocycles. The third-order valence-corrected chi connectivity index (χ3v) is 4.47. The molecule has 7 heteroatoms. The van der Waals surface area contributed by atoms with Crippen molar-refractivity contribution in [2.24, 2.45) is 0 Å². The molecule has 0 fully saturated rings. The predicted molar refractivity (Wildman–Crippen MR) is 102 cm³/mol. The van der Waals surface area contributed by atoms with Crippen molar-refractivity contribution in [3.8, 4) is 0 Å². The van der Waals surface area contributed by atoms with Crippen LogP contribution < -0.4 is 10.6 Å². The van der Waals surface area contributed by atoms with Crippen LogP contribution >= 0.6 is 11.3 Å². The SMILES string of the molecule is CC(=O)Nc1ccc(NC(=O)[C@@H](C)OC(=O)CCCc2cccs2)cc1. The van der Waals surface area contributed by atoms with Gasteiger partial charge < -0.3 is 15.4 Å². The number of thiophene rings is 1. The Hall–Kier alpha value is -2.67. The van der Waals surface area contributed by atoms with E-state index in [1.165, 1.54) is 18.7 Å². The molecule has 0 radical (unpaired) electrons. The first-order valence-electron chi connectivity index (χ1n) is 8.34. The van der Waals surface area contributed by atoms with E-state index in [4.69, 9.17) is 4.74 Å². The van der Waals surface area contributed by atoms with Crippen LogP contribution in [0.4, 0.5) is 11.4 Å². The normalized spacial score (nSPS) is 11.5. The van der Waals surface area contributed by atoms with E-state index in [1.54, 1.807) is 35.6 Å². The highest BCUT2D eigenvalue weighted by atomic mass is 32.1. The second kappa shape index (κ2) is 9.72. The monoisotopic (exact) mass is 374 g/mol. The van der Waals surface area contributed by atoms with Gasteiger partial charge in [-0.2, -0.15) is 0 Å². The summed E-state index contributed by atoms with van der Waals surface area (Å²) in [7, 11) is 0. The number of carbonyl (C=O) groups is 3. The Morgan fingerprint density at radius 3 is 2.31 bits per heavy atom. The molecule has 0 saturated carbocycles. The number of ether oxygens (including phenoxy) is 1. The van der Waals surface area contributed by atoms with E-state index in [0.717, 1.165) is 6.42 Å². The lowest BCUT2D eigenvalue weighted by Gasteiger charge is -2.14. The maximum atomic E-state index is 12.1. The largest absolute Gasteiger partial charge is 0.453 e. The van der Waals surface area contributed by atoms with Crippen molar-refractivity contribution in [3.63, 3.8) is 0 Å². The van der Waals surface area contributed by atoms with Crippen molar-refractivity contribution in [1.29, 1.82) is 0 Å². The standard InChI is InChI=1S/C19H22N2O4S/c1-13(25-18(23)7-3-5-17-6-4-12-26-17)19(24)21-16-10-8-15(9-11-16)20-14(2)22/h4,6,8-13H,3,5,7H2,1-2H3,(H,20,22)(H,21,24)/t13-/m1/s1. The summed E-state index contributed by atoms with van der Waals surface area (Å²) in [5, 5.41) is 7.33. The zero-order valence-electron chi connectivity index (χ0n) is 14.8. The Morgan fingerprint density at radius 2 is 1.73 bits per heavy atom. The Balaban J connectivity index is 1.73. The topological polar surface area (TPSA) is 84.5 Å². The molecule has 1 heterocycles. The fourth-order valence-electron chi connectivity index (χ4n) is 2.26. The molecule has 1 aromatic carbocycles. The summed E-state index contributed by atoms with van der Waals surface area (Å²) in [4.78, 5) is 36.2. The zero-order valence-corrected chi connectivity index (χ0v) is 15.6. The molecule has 2 N–H and O–H groups in total. The van der Waals surface area contributed by atoms with Crippen molar-refractivity contribution in [2.45, 2.75) is 39.2 Å². The maximum absolute atomic E-state index is 12.1. The van der Waals surface area contributed by atoms with Gasteiger partial charge in [-0.15, -0.1) is 11.3 Å². The Bertz CT molecular complexity index is 741. The highest BCUT2D eigenvalue weighted by Crippen LogP contribution is 2.15. The lowest BCUT2D eigenvalue weighted by molar-refractivity contribution is -0.153. The minimum Gasteiger partial charge on any atom is -0.453 e. The molecule has 0 bridgehead atoms. The number of amides is 2. The summed E-state index contributed by atoms with van der Waals surface area (Å²) in [6.45, 7) is 2.96. The molecule has 0 unspecified atom stereocenters. The number of benzene rings is 1. The van der Waals surface area contributed by atoms with Gasteiger partial charge in [0.1, 0.15) is 0 Å². The molecule has 6 nitrogen and oxygen atoms in total. The van der Waals surface area contributed by atoms with Gasteiger partial charge in [0.05, 0.1) is 0 Å². The second-order valence-corrected chi connectivity index (χ2v) is 6.85. The van der Waals surface area contributed by atoms with Gasteiger partial charge in [-0.05, 0) is 55.5 Å². The molecule has 1 atom stereocenters. The number of hydrogen-bond donors (Lipinski definition) is 2. The Kier molecular flexibility index (Phi) is 7.35. The summed E-state index contributed by atoms with van der Waals surface area (Å²) >= 11 is 1.66. The number of hydrogen-bond acceptors (Lipinski definition) is 5. The molecule has 1 aromatic heterocycles. The summed E-state index contributed by atoms with van der Waals surface area (Å²) in [5.41, 5.74) is 1.20. The van der Waals surface area contributed by atoms with Crippen LogP contribution in [0.2, 0.25) is 0 Å². The van der Waals surface area contributed by atoms with E-state index in [1.807, 2.05) is 17.5 Å². The minimum atomic E-state index is -0.876. The lowest BCUT2D eigenvalue weighted by atomic mass is 10.2. The number of anilines is 2. The van der Waals surface area contributed by atoms with Gasteiger partial charge in [0, 0.05) is 29.6 Å². The zero-order chi connectivity index (χ0) is 18.9. The summed E-state index contributed by atoms with van der Waals surface area (Å²) < 4.78 is 5.18. The molecule has 0 aliphatic rings. The van der Waals surface area contributed by atoms with E-state index in [2.05, 4.69) is 10.6 Å². The first kappa shape index (κ1) is 19.7. The smallest absolute Gasteiger partial charge is 0.306 e. The van der Waals surface area contributed by atoms with E-state index < -0.39 is 12.0 Å². The number of esters is 1. The average molecular weight is 374 g/mol. The molecule has 26 heavy (non-hydrogen) atoms. The molecular formula is C19H22N2O4S. The van der Waals surface area contributed by atoms with Crippen LogP contribution in [0.15, 0.2) is 41.8 Å². The molecular weight excluding hydrogens is 352 g/mol. The number of carbonyl (C=O) groups excluding carboxylic acids is 3. The van der Waals surface area contributed by atoms with Crippen LogP contribution in [-0.4, -0.2) is 23.9 Å². The van der Waals surface area contributed by atoms with E-state index in [0.29, 0.717) is 17.8 Å². The molecule has 138 valence electrons. The first-order valence-corrected chi connectivity index (χ1v) is 9.22. The number of aryl methyl sites for hydroxylation is 1. The molecule has 2 aromatic rings. The quantitative estimate of drug-likeness (QED) is 0.692. The van der Waals surface area contributed by atoms with Gasteiger partial charge in [0.15, 0.2) is 6.10 Å². The second-order valence-electron chi connectivity index (χ2n) is 5.81. The van der Waals surface area contributed by atoms with E-state index >= 15 is 0 Å². The molecule has 0 spiro atoms. The van der Waals surface area contributed by atoms with Gasteiger partial charge >= 0.3 is 5.97 Å². The van der Waals surface area contributed by atoms with Crippen LogP contribution in [0.3, 0.4) is 0 Å². The van der Waals surface area contributed by atoms with Gasteiger partial charge in [0.25, 0.3) is 5.91 Å². The Labute approximate surface area is 156 Å². The lowest BCUT2D eigenvalue weighted by Crippen LogP contribution is -2.29. The fraction of sp³-hybridized carbons (Fsp3) is 0.316. The van der Waals surface area contributed by atoms with E-state index in [9.17, 15) is 14.4 Å². The highest BCUT2D eigenvalue weighted by molar-refractivity contribution is 7.09. The van der Waals surface area contributed by atoms with Crippen molar-refractivity contribution >= 4 is 40.5 Å². The van der Waals surface area contributed by atoms with Gasteiger partial charge in [0.2, 0.25) is 5.91 Å².